The molecule has 0 aromatic carbocycles. The molecule has 0 fully saturated rings. The Morgan fingerprint density at radius 1 is 1.50 bits per heavy atom. The topological polar surface area (TPSA) is 37.8 Å². The summed E-state index contributed by atoms with van der Waals surface area (Å²) in [5.41, 5.74) is 1.07. The second-order valence-corrected chi connectivity index (χ2v) is 5.29. The van der Waals surface area contributed by atoms with Crippen LogP contribution in [0.15, 0.2) is 34.5 Å². The normalized spacial score (nSPS) is 12.4. The molecule has 2 heterocycles. The van der Waals surface area contributed by atoms with Crippen molar-refractivity contribution in [2.75, 3.05) is 11.9 Å². The van der Waals surface area contributed by atoms with Crippen molar-refractivity contribution in [3.63, 3.8) is 0 Å². The summed E-state index contributed by atoms with van der Waals surface area (Å²) in [6.45, 7) is 3.04. The van der Waals surface area contributed by atoms with Gasteiger partial charge in [-0.3, -0.25) is 4.98 Å². The van der Waals surface area contributed by atoms with Crippen LogP contribution in [0.1, 0.15) is 17.8 Å². The molecular weight excluding hydrogens is 286 g/mol. The highest BCUT2D eigenvalue weighted by atomic mass is 79.9. The highest BCUT2D eigenvalue weighted by Gasteiger charge is 2.08. The van der Waals surface area contributed by atoms with Crippen LogP contribution < -0.4 is 5.32 Å². The van der Waals surface area contributed by atoms with Gasteiger partial charge >= 0.3 is 0 Å². The van der Waals surface area contributed by atoms with Crippen molar-refractivity contribution in [3.8, 4) is 0 Å². The van der Waals surface area contributed by atoms with E-state index in [1.807, 2.05) is 17.6 Å². The second-order valence-electron chi connectivity index (χ2n) is 3.51. The van der Waals surface area contributed by atoms with Crippen molar-refractivity contribution in [2.45, 2.75) is 12.8 Å². The smallest absolute Gasteiger partial charge is 0.0970 e. The maximum Gasteiger partial charge on any atom is 0.0970 e. The van der Waals surface area contributed by atoms with Crippen LogP contribution in [0.25, 0.3) is 0 Å². The summed E-state index contributed by atoms with van der Waals surface area (Å²) < 4.78 is 0.987. The molecule has 84 valence electrons. The van der Waals surface area contributed by atoms with Crippen LogP contribution in [-0.2, 0) is 0 Å². The summed E-state index contributed by atoms with van der Waals surface area (Å²) in [7, 11) is 0. The SMILES string of the molecule is CC(CNc1ccncc1Br)c1nccs1. The molecule has 0 spiro atoms. The summed E-state index contributed by atoms with van der Waals surface area (Å²) in [6, 6.07) is 1.96. The number of halogens is 1. The Morgan fingerprint density at radius 2 is 2.38 bits per heavy atom. The van der Waals surface area contributed by atoms with Gasteiger partial charge in [-0.25, -0.2) is 4.98 Å². The predicted molar refractivity (Wildman–Crippen MR) is 71.0 cm³/mol. The molecule has 0 saturated carbocycles. The molecule has 0 aliphatic carbocycles. The van der Waals surface area contributed by atoms with Gasteiger partial charge in [-0.15, -0.1) is 11.3 Å². The molecule has 1 unspecified atom stereocenters. The van der Waals surface area contributed by atoms with E-state index < -0.39 is 0 Å². The van der Waals surface area contributed by atoms with E-state index in [0.717, 1.165) is 21.7 Å². The van der Waals surface area contributed by atoms with Gasteiger partial charge in [0.2, 0.25) is 0 Å². The minimum atomic E-state index is 0.417. The molecule has 0 radical (unpaired) electrons. The first-order valence-electron chi connectivity index (χ1n) is 5.00. The third-order valence-corrected chi connectivity index (χ3v) is 3.88. The van der Waals surface area contributed by atoms with E-state index in [9.17, 15) is 0 Å². The molecule has 5 heteroatoms. The molecule has 1 N–H and O–H groups in total. The fourth-order valence-electron chi connectivity index (χ4n) is 1.35. The van der Waals surface area contributed by atoms with Crippen LogP contribution >= 0.6 is 27.3 Å². The largest absolute Gasteiger partial charge is 0.383 e. The van der Waals surface area contributed by atoms with Crippen LogP contribution in [0.3, 0.4) is 0 Å². The Morgan fingerprint density at radius 3 is 3.06 bits per heavy atom. The van der Waals surface area contributed by atoms with Gasteiger partial charge in [0.15, 0.2) is 0 Å². The Balaban J connectivity index is 1.95. The van der Waals surface area contributed by atoms with E-state index in [4.69, 9.17) is 0 Å². The average Bonchev–Trinajstić information content (AvgIpc) is 2.81. The third kappa shape index (κ3) is 2.80. The molecule has 0 aliphatic rings. The molecule has 0 amide bonds. The maximum absolute atomic E-state index is 4.31. The lowest BCUT2D eigenvalue weighted by Gasteiger charge is -2.12. The van der Waals surface area contributed by atoms with E-state index >= 15 is 0 Å². The Bertz CT molecular complexity index is 444. The molecular formula is C11H12BrN3S. The number of nitrogens with one attached hydrogen (secondary N) is 1. The lowest BCUT2D eigenvalue weighted by molar-refractivity contribution is 0.794. The molecule has 0 bridgehead atoms. The number of aromatic nitrogens is 2. The zero-order valence-electron chi connectivity index (χ0n) is 8.85. The summed E-state index contributed by atoms with van der Waals surface area (Å²) >= 11 is 5.15. The van der Waals surface area contributed by atoms with Gasteiger partial charge in [-0.05, 0) is 22.0 Å². The van der Waals surface area contributed by atoms with Crippen molar-refractivity contribution in [1.29, 1.82) is 0 Å². The highest BCUT2D eigenvalue weighted by Crippen LogP contribution is 2.22. The first-order chi connectivity index (χ1) is 7.77. The van der Waals surface area contributed by atoms with Gasteiger partial charge in [-0.2, -0.15) is 0 Å². The van der Waals surface area contributed by atoms with E-state index in [0.29, 0.717) is 5.92 Å². The molecule has 2 aromatic heterocycles. The molecule has 2 rings (SSSR count). The van der Waals surface area contributed by atoms with Gasteiger partial charge in [0.25, 0.3) is 0 Å². The standard InChI is InChI=1S/C11H12BrN3S/c1-8(11-14-4-5-16-11)6-15-10-2-3-13-7-9(10)12/h2-5,7-8H,6H2,1H3,(H,13,15). The molecule has 2 aromatic rings. The zero-order chi connectivity index (χ0) is 11.4. The summed E-state index contributed by atoms with van der Waals surface area (Å²) in [4.78, 5) is 8.33. The van der Waals surface area contributed by atoms with Crippen LogP contribution in [0.2, 0.25) is 0 Å². The van der Waals surface area contributed by atoms with Crippen molar-refractivity contribution in [2.24, 2.45) is 0 Å². The number of hydrogen-bond donors (Lipinski definition) is 1. The number of pyridine rings is 1. The summed E-state index contributed by atoms with van der Waals surface area (Å²) in [5.74, 6) is 0.417. The average molecular weight is 298 g/mol. The highest BCUT2D eigenvalue weighted by molar-refractivity contribution is 9.10. The summed E-state index contributed by atoms with van der Waals surface area (Å²) in [5, 5.41) is 6.55. The van der Waals surface area contributed by atoms with E-state index in [2.05, 4.69) is 38.1 Å². The first kappa shape index (κ1) is 11.5. The fourth-order valence-corrected chi connectivity index (χ4v) is 2.44. The quantitative estimate of drug-likeness (QED) is 0.938. The Kier molecular flexibility index (Phi) is 3.90. The van der Waals surface area contributed by atoms with Crippen molar-refractivity contribution in [3.05, 3.63) is 39.5 Å². The third-order valence-electron chi connectivity index (χ3n) is 2.24. The number of nitrogens with zero attached hydrogens (tertiary/aromatic N) is 2. The van der Waals surface area contributed by atoms with Crippen molar-refractivity contribution in [1.82, 2.24) is 9.97 Å². The Labute approximate surface area is 107 Å². The van der Waals surface area contributed by atoms with Crippen molar-refractivity contribution < 1.29 is 0 Å². The lowest BCUT2D eigenvalue weighted by Crippen LogP contribution is -2.09. The number of rotatable bonds is 4. The van der Waals surface area contributed by atoms with Gasteiger partial charge in [0.1, 0.15) is 0 Å². The molecule has 3 nitrogen and oxygen atoms in total. The monoisotopic (exact) mass is 297 g/mol. The molecule has 0 saturated heterocycles. The number of anilines is 1. The van der Waals surface area contributed by atoms with E-state index in [1.54, 1.807) is 23.7 Å². The predicted octanol–water partition coefficient (Wildman–Crippen LogP) is 3.52. The number of hydrogen-bond acceptors (Lipinski definition) is 4. The van der Waals surface area contributed by atoms with Gasteiger partial charge in [-0.1, -0.05) is 6.92 Å². The van der Waals surface area contributed by atoms with E-state index in [-0.39, 0.29) is 0 Å². The van der Waals surface area contributed by atoms with Crippen LogP contribution in [-0.4, -0.2) is 16.5 Å². The molecule has 16 heavy (non-hydrogen) atoms. The lowest BCUT2D eigenvalue weighted by atomic mass is 10.2. The first-order valence-corrected chi connectivity index (χ1v) is 6.67. The van der Waals surface area contributed by atoms with Crippen molar-refractivity contribution >= 4 is 33.0 Å². The van der Waals surface area contributed by atoms with Crippen LogP contribution in [0, 0.1) is 0 Å². The van der Waals surface area contributed by atoms with E-state index in [1.165, 1.54) is 0 Å². The van der Waals surface area contributed by atoms with Gasteiger partial charge in [0, 0.05) is 36.4 Å². The minimum Gasteiger partial charge on any atom is -0.383 e. The van der Waals surface area contributed by atoms with Gasteiger partial charge in [0.05, 0.1) is 15.2 Å². The van der Waals surface area contributed by atoms with Crippen LogP contribution in [0.5, 0.6) is 0 Å². The van der Waals surface area contributed by atoms with Gasteiger partial charge < -0.3 is 5.32 Å². The number of thiazole rings is 1. The summed E-state index contributed by atoms with van der Waals surface area (Å²) in [6.07, 6.45) is 5.41. The van der Waals surface area contributed by atoms with Crippen LogP contribution in [0.4, 0.5) is 5.69 Å². The minimum absolute atomic E-state index is 0.417. The second kappa shape index (κ2) is 5.41. The molecule has 1 atom stereocenters. The zero-order valence-corrected chi connectivity index (χ0v) is 11.3. The molecule has 0 aliphatic heterocycles. The fraction of sp³-hybridized carbons (Fsp3) is 0.273. The Hall–Kier alpha value is -0.940. The maximum atomic E-state index is 4.31.